The first-order valence-corrected chi connectivity index (χ1v) is 8.81. The fourth-order valence-corrected chi connectivity index (χ4v) is 4.34. The van der Waals surface area contributed by atoms with Crippen LogP contribution in [0.25, 0.3) is 5.00 Å². The minimum absolute atomic E-state index is 0.146. The Labute approximate surface area is 134 Å². The lowest BCUT2D eigenvalue weighted by Gasteiger charge is -2.37. The lowest BCUT2D eigenvalue weighted by Crippen LogP contribution is -2.38. The van der Waals surface area contributed by atoms with Crippen LogP contribution < -0.4 is 0 Å². The van der Waals surface area contributed by atoms with Gasteiger partial charge in [-0.3, -0.25) is 4.79 Å². The van der Waals surface area contributed by atoms with Gasteiger partial charge in [-0.15, -0.1) is 11.3 Å². The molecule has 114 valence electrons. The molecule has 0 bridgehead atoms. The van der Waals surface area contributed by atoms with Crippen molar-refractivity contribution in [3.05, 3.63) is 47.2 Å². The molecule has 3 heterocycles. The molecule has 5 heteroatoms. The number of rotatable bonds is 2. The molecule has 22 heavy (non-hydrogen) atoms. The minimum Gasteiger partial charge on any atom is -0.312 e. The van der Waals surface area contributed by atoms with E-state index in [1.54, 1.807) is 22.2 Å². The summed E-state index contributed by atoms with van der Waals surface area (Å²) in [6.45, 7) is 0.855. The van der Waals surface area contributed by atoms with Crippen LogP contribution in [0.3, 0.4) is 0 Å². The van der Waals surface area contributed by atoms with Crippen molar-refractivity contribution in [2.45, 2.75) is 32.1 Å². The molecule has 1 amide bonds. The van der Waals surface area contributed by atoms with Gasteiger partial charge in [0.1, 0.15) is 5.00 Å². The molecule has 4 nitrogen and oxygen atoms in total. The van der Waals surface area contributed by atoms with E-state index in [2.05, 4.69) is 11.2 Å². The van der Waals surface area contributed by atoms with E-state index >= 15 is 0 Å². The number of nitrogens with zero attached hydrogens (tertiary/aromatic N) is 3. The van der Waals surface area contributed by atoms with Crippen molar-refractivity contribution in [3.63, 3.8) is 0 Å². The van der Waals surface area contributed by atoms with E-state index in [9.17, 15) is 4.79 Å². The highest BCUT2D eigenvalue weighted by Crippen LogP contribution is 2.36. The van der Waals surface area contributed by atoms with Gasteiger partial charge in [-0.1, -0.05) is 6.08 Å². The summed E-state index contributed by atoms with van der Waals surface area (Å²) in [5, 5.41) is 7.16. The van der Waals surface area contributed by atoms with Crippen molar-refractivity contribution < 1.29 is 4.79 Å². The molecule has 0 spiro atoms. The number of piperidine rings is 1. The fourth-order valence-electron chi connectivity index (χ4n) is 3.51. The maximum absolute atomic E-state index is 12.9. The van der Waals surface area contributed by atoms with Crippen LogP contribution in [0.1, 0.15) is 42.5 Å². The van der Waals surface area contributed by atoms with E-state index in [1.807, 2.05) is 28.6 Å². The third-order valence-electron chi connectivity index (χ3n) is 4.58. The molecule has 1 atom stereocenters. The van der Waals surface area contributed by atoms with E-state index in [0.717, 1.165) is 30.0 Å². The molecule has 1 aliphatic carbocycles. The Morgan fingerprint density at radius 3 is 3.09 bits per heavy atom. The average molecular weight is 313 g/mol. The Kier molecular flexibility index (Phi) is 3.58. The molecular weight excluding hydrogens is 294 g/mol. The van der Waals surface area contributed by atoms with Gasteiger partial charge in [0, 0.05) is 30.0 Å². The summed E-state index contributed by atoms with van der Waals surface area (Å²) < 4.78 is 1.81. The van der Waals surface area contributed by atoms with Crippen LogP contribution in [0, 0.1) is 5.92 Å². The lowest BCUT2D eigenvalue weighted by molar-refractivity contribution is 0.0749. The van der Waals surface area contributed by atoms with Crippen LogP contribution in [0.2, 0.25) is 0 Å². The van der Waals surface area contributed by atoms with Gasteiger partial charge in [-0.05, 0) is 50.2 Å². The summed E-state index contributed by atoms with van der Waals surface area (Å²) in [6.07, 6.45) is 11.9. The predicted molar refractivity (Wildman–Crippen MR) is 87.1 cm³/mol. The monoisotopic (exact) mass is 313 g/mol. The normalized spacial score (nSPS) is 21.4. The molecule has 4 rings (SSSR count). The van der Waals surface area contributed by atoms with Crippen molar-refractivity contribution in [1.29, 1.82) is 0 Å². The summed E-state index contributed by atoms with van der Waals surface area (Å²) in [5.74, 6) is 0.739. The second-order valence-corrected chi connectivity index (χ2v) is 6.87. The van der Waals surface area contributed by atoms with Crippen LogP contribution in [0.5, 0.6) is 0 Å². The second kappa shape index (κ2) is 5.72. The SMILES string of the molecule is O=C(c1csc(-n2cccn2)c1)N1CCCC2CCCC=C21. The molecule has 1 fully saturated rings. The average Bonchev–Trinajstić information content (AvgIpc) is 3.24. The topological polar surface area (TPSA) is 38.1 Å². The number of allylic oxidation sites excluding steroid dienone is 2. The molecule has 0 aromatic carbocycles. The number of fused-ring (bicyclic) bond motifs is 1. The highest BCUT2D eigenvalue weighted by Gasteiger charge is 2.31. The van der Waals surface area contributed by atoms with Crippen LogP contribution in [-0.4, -0.2) is 27.1 Å². The summed E-state index contributed by atoms with van der Waals surface area (Å²) in [4.78, 5) is 14.9. The van der Waals surface area contributed by atoms with Crippen LogP contribution >= 0.6 is 11.3 Å². The Balaban J connectivity index is 1.60. The Morgan fingerprint density at radius 1 is 1.32 bits per heavy atom. The minimum atomic E-state index is 0.146. The first-order chi connectivity index (χ1) is 10.8. The Morgan fingerprint density at radius 2 is 2.23 bits per heavy atom. The van der Waals surface area contributed by atoms with Crippen molar-refractivity contribution in [2.75, 3.05) is 6.54 Å². The third-order valence-corrected chi connectivity index (χ3v) is 5.50. The molecule has 0 N–H and O–H groups in total. The molecule has 1 aliphatic heterocycles. The number of hydrogen-bond acceptors (Lipinski definition) is 3. The molecule has 0 radical (unpaired) electrons. The zero-order valence-electron chi connectivity index (χ0n) is 12.4. The van der Waals surface area contributed by atoms with Gasteiger partial charge in [0.25, 0.3) is 5.91 Å². The van der Waals surface area contributed by atoms with Gasteiger partial charge in [0.2, 0.25) is 0 Å². The van der Waals surface area contributed by atoms with Gasteiger partial charge in [-0.2, -0.15) is 5.10 Å². The van der Waals surface area contributed by atoms with Crippen LogP contribution in [0.4, 0.5) is 0 Å². The number of thiophene rings is 1. The summed E-state index contributed by atoms with van der Waals surface area (Å²) in [7, 11) is 0. The quantitative estimate of drug-likeness (QED) is 0.844. The van der Waals surface area contributed by atoms with Gasteiger partial charge in [-0.25, -0.2) is 4.68 Å². The second-order valence-electron chi connectivity index (χ2n) is 5.98. The van der Waals surface area contributed by atoms with Crippen molar-refractivity contribution in [1.82, 2.24) is 14.7 Å². The molecule has 1 saturated heterocycles. The number of carbonyl (C=O) groups is 1. The number of carbonyl (C=O) groups excluding carboxylic acids is 1. The van der Waals surface area contributed by atoms with Crippen molar-refractivity contribution >= 4 is 17.2 Å². The molecule has 2 aromatic heterocycles. The van der Waals surface area contributed by atoms with Gasteiger partial charge < -0.3 is 4.90 Å². The summed E-state index contributed by atoms with van der Waals surface area (Å²) >= 11 is 1.56. The highest BCUT2D eigenvalue weighted by atomic mass is 32.1. The number of aromatic nitrogens is 2. The first-order valence-electron chi connectivity index (χ1n) is 7.93. The smallest absolute Gasteiger partial charge is 0.258 e. The zero-order chi connectivity index (χ0) is 14.9. The van der Waals surface area contributed by atoms with E-state index in [1.165, 1.54) is 25.0 Å². The highest BCUT2D eigenvalue weighted by molar-refractivity contribution is 7.12. The van der Waals surface area contributed by atoms with Gasteiger partial charge in [0.15, 0.2) is 0 Å². The lowest BCUT2D eigenvalue weighted by atomic mass is 9.85. The fraction of sp³-hybridized carbons (Fsp3) is 0.412. The first kappa shape index (κ1) is 13.8. The van der Waals surface area contributed by atoms with E-state index < -0.39 is 0 Å². The number of amides is 1. The largest absolute Gasteiger partial charge is 0.312 e. The van der Waals surface area contributed by atoms with Gasteiger partial charge in [0.05, 0.1) is 5.56 Å². The standard InChI is InChI=1S/C17H19N3OS/c21-17(14-11-16(22-12-14)20-10-4-8-18-20)19-9-3-6-13-5-1-2-7-15(13)19/h4,7-8,10-13H,1-3,5-6,9H2. The van der Waals surface area contributed by atoms with Crippen molar-refractivity contribution in [3.8, 4) is 5.00 Å². The van der Waals surface area contributed by atoms with Crippen LogP contribution in [-0.2, 0) is 0 Å². The molecule has 2 aliphatic rings. The van der Waals surface area contributed by atoms with Crippen LogP contribution in [0.15, 0.2) is 41.7 Å². The maximum Gasteiger partial charge on any atom is 0.258 e. The van der Waals surface area contributed by atoms with Gasteiger partial charge >= 0.3 is 0 Å². The summed E-state index contributed by atoms with van der Waals surface area (Å²) in [6, 6.07) is 3.84. The van der Waals surface area contributed by atoms with E-state index in [-0.39, 0.29) is 5.91 Å². The van der Waals surface area contributed by atoms with E-state index in [0.29, 0.717) is 5.92 Å². The Hall–Kier alpha value is -1.88. The molecule has 0 saturated carbocycles. The third kappa shape index (κ3) is 2.39. The molecule has 2 aromatic rings. The summed E-state index contributed by atoms with van der Waals surface area (Å²) in [5.41, 5.74) is 2.05. The zero-order valence-corrected chi connectivity index (χ0v) is 13.3. The predicted octanol–water partition coefficient (Wildman–Crippen LogP) is 3.85. The number of hydrogen-bond donors (Lipinski definition) is 0. The Bertz CT molecular complexity index is 701. The maximum atomic E-state index is 12.9. The van der Waals surface area contributed by atoms with E-state index in [4.69, 9.17) is 0 Å². The molecule has 1 unspecified atom stereocenters. The number of likely N-dealkylation sites (tertiary alicyclic amines) is 1. The molecular formula is C17H19N3OS. The van der Waals surface area contributed by atoms with Crippen molar-refractivity contribution in [2.24, 2.45) is 5.92 Å².